The van der Waals surface area contributed by atoms with Gasteiger partial charge < -0.3 is 10.1 Å². The molecule has 0 heterocycles. The average Bonchev–Trinajstić information content (AvgIpc) is 2.47. The average molecular weight is 346 g/mol. The second kappa shape index (κ2) is 8.39. The van der Waals surface area contributed by atoms with Gasteiger partial charge in [0.15, 0.2) is 0 Å². The molecule has 0 aromatic heterocycles. The zero-order chi connectivity index (χ0) is 16.8. The lowest BCUT2D eigenvalue weighted by Crippen LogP contribution is -2.42. The SMILES string of the molecule is CCCCOC(=O)CNC(=O)C(C)(C)c1ccc(Cl)c(Cl)c1. The summed E-state index contributed by atoms with van der Waals surface area (Å²) in [6.07, 6.45) is 1.76. The van der Waals surface area contributed by atoms with E-state index in [0.717, 1.165) is 18.4 Å². The van der Waals surface area contributed by atoms with Crippen molar-refractivity contribution in [2.75, 3.05) is 13.2 Å². The van der Waals surface area contributed by atoms with E-state index < -0.39 is 11.4 Å². The third kappa shape index (κ3) is 5.18. The highest BCUT2D eigenvalue weighted by Crippen LogP contribution is 2.30. The normalized spacial score (nSPS) is 11.1. The number of nitrogens with one attached hydrogen (secondary N) is 1. The van der Waals surface area contributed by atoms with Gasteiger partial charge in [-0.2, -0.15) is 0 Å². The Hall–Kier alpha value is -1.26. The third-order valence-electron chi connectivity index (χ3n) is 3.36. The molecule has 4 nitrogen and oxygen atoms in total. The monoisotopic (exact) mass is 345 g/mol. The maximum absolute atomic E-state index is 12.3. The van der Waals surface area contributed by atoms with Crippen LogP contribution in [0.5, 0.6) is 0 Å². The van der Waals surface area contributed by atoms with Gasteiger partial charge in [0.1, 0.15) is 6.54 Å². The lowest BCUT2D eigenvalue weighted by molar-refractivity contribution is -0.144. The summed E-state index contributed by atoms with van der Waals surface area (Å²) in [5.74, 6) is -0.718. The first-order valence-electron chi connectivity index (χ1n) is 7.18. The minimum atomic E-state index is -0.835. The molecule has 0 saturated heterocycles. The Labute approximate surface area is 141 Å². The van der Waals surface area contributed by atoms with Crippen molar-refractivity contribution in [3.63, 3.8) is 0 Å². The molecule has 0 unspecified atom stereocenters. The smallest absolute Gasteiger partial charge is 0.325 e. The molecule has 0 aliphatic carbocycles. The van der Waals surface area contributed by atoms with E-state index in [1.807, 2.05) is 6.92 Å². The Morgan fingerprint density at radius 2 is 1.91 bits per heavy atom. The van der Waals surface area contributed by atoms with E-state index in [2.05, 4.69) is 5.32 Å². The van der Waals surface area contributed by atoms with Crippen LogP contribution >= 0.6 is 23.2 Å². The van der Waals surface area contributed by atoms with E-state index in [1.165, 1.54) is 0 Å². The standard InChI is InChI=1S/C16H21Cl2NO3/c1-4-5-8-22-14(20)10-19-15(21)16(2,3)11-6-7-12(17)13(18)9-11/h6-7,9H,4-5,8,10H2,1-3H3,(H,19,21). The fraction of sp³-hybridized carbons (Fsp3) is 0.500. The summed E-state index contributed by atoms with van der Waals surface area (Å²) in [4.78, 5) is 23.8. The lowest BCUT2D eigenvalue weighted by atomic mass is 9.84. The van der Waals surface area contributed by atoms with Crippen LogP contribution in [0.15, 0.2) is 18.2 Å². The molecule has 0 aliphatic heterocycles. The molecule has 22 heavy (non-hydrogen) atoms. The number of unbranched alkanes of at least 4 members (excludes halogenated alkanes) is 1. The molecule has 0 aliphatic rings. The van der Waals surface area contributed by atoms with Gasteiger partial charge in [0, 0.05) is 0 Å². The number of carbonyl (C=O) groups excluding carboxylic acids is 2. The summed E-state index contributed by atoms with van der Waals surface area (Å²) in [7, 11) is 0. The van der Waals surface area contributed by atoms with Crippen molar-refractivity contribution in [2.45, 2.75) is 39.0 Å². The van der Waals surface area contributed by atoms with Gasteiger partial charge in [-0.05, 0) is 38.0 Å². The van der Waals surface area contributed by atoms with Gasteiger partial charge >= 0.3 is 5.97 Å². The molecule has 0 saturated carbocycles. The van der Waals surface area contributed by atoms with E-state index in [0.29, 0.717) is 16.7 Å². The number of carbonyl (C=O) groups is 2. The van der Waals surface area contributed by atoms with Crippen molar-refractivity contribution in [1.82, 2.24) is 5.32 Å². The molecular weight excluding hydrogens is 325 g/mol. The highest BCUT2D eigenvalue weighted by Gasteiger charge is 2.30. The number of hydrogen-bond acceptors (Lipinski definition) is 3. The van der Waals surface area contributed by atoms with Crippen molar-refractivity contribution in [3.05, 3.63) is 33.8 Å². The molecule has 1 amide bonds. The van der Waals surface area contributed by atoms with Gasteiger partial charge in [0.2, 0.25) is 5.91 Å². The van der Waals surface area contributed by atoms with Crippen LogP contribution in [-0.4, -0.2) is 25.0 Å². The summed E-state index contributed by atoms with van der Waals surface area (Å²) in [6, 6.07) is 5.05. The molecule has 1 rings (SSSR count). The Balaban J connectivity index is 2.62. The van der Waals surface area contributed by atoms with Crippen LogP contribution < -0.4 is 5.32 Å². The van der Waals surface area contributed by atoms with E-state index in [9.17, 15) is 9.59 Å². The summed E-state index contributed by atoms with van der Waals surface area (Å²) >= 11 is 11.9. The Morgan fingerprint density at radius 1 is 1.23 bits per heavy atom. The van der Waals surface area contributed by atoms with E-state index in [-0.39, 0.29) is 12.5 Å². The van der Waals surface area contributed by atoms with Crippen molar-refractivity contribution in [1.29, 1.82) is 0 Å². The second-order valence-corrected chi connectivity index (χ2v) is 6.32. The van der Waals surface area contributed by atoms with Crippen molar-refractivity contribution >= 4 is 35.1 Å². The number of halogens is 2. The molecule has 1 aromatic rings. The number of esters is 1. The highest BCUT2D eigenvalue weighted by molar-refractivity contribution is 6.42. The fourth-order valence-corrected chi connectivity index (χ4v) is 2.07. The number of benzene rings is 1. The highest BCUT2D eigenvalue weighted by atomic mass is 35.5. The first-order valence-corrected chi connectivity index (χ1v) is 7.94. The van der Waals surface area contributed by atoms with Crippen LogP contribution in [0.3, 0.4) is 0 Å². The van der Waals surface area contributed by atoms with Crippen molar-refractivity contribution in [3.8, 4) is 0 Å². The summed E-state index contributed by atoms with van der Waals surface area (Å²) in [5.41, 5.74) is -0.114. The maximum Gasteiger partial charge on any atom is 0.325 e. The predicted molar refractivity (Wildman–Crippen MR) is 88.4 cm³/mol. The molecule has 6 heteroatoms. The van der Waals surface area contributed by atoms with Gasteiger partial charge in [0.25, 0.3) is 0 Å². The molecule has 122 valence electrons. The Morgan fingerprint density at radius 3 is 2.50 bits per heavy atom. The molecule has 0 spiro atoms. The maximum atomic E-state index is 12.3. The second-order valence-electron chi connectivity index (χ2n) is 5.51. The van der Waals surface area contributed by atoms with Crippen molar-refractivity contribution < 1.29 is 14.3 Å². The van der Waals surface area contributed by atoms with Crippen LogP contribution in [0.25, 0.3) is 0 Å². The van der Waals surface area contributed by atoms with Gasteiger partial charge in [-0.1, -0.05) is 42.6 Å². The zero-order valence-electron chi connectivity index (χ0n) is 13.0. The Bertz CT molecular complexity index is 544. The first-order chi connectivity index (χ1) is 10.3. The quantitative estimate of drug-likeness (QED) is 0.605. The molecule has 1 aromatic carbocycles. The van der Waals surface area contributed by atoms with E-state index >= 15 is 0 Å². The molecule has 0 radical (unpaired) electrons. The van der Waals surface area contributed by atoms with Gasteiger partial charge in [-0.25, -0.2) is 0 Å². The van der Waals surface area contributed by atoms with Gasteiger partial charge in [0.05, 0.1) is 22.1 Å². The van der Waals surface area contributed by atoms with Gasteiger partial charge in [-0.3, -0.25) is 9.59 Å². The number of hydrogen-bond donors (Lipinski definition) is 1. The summed E-state index contributed by atoms with van der Waals surface area (Å²) in [5, 5.41) is 3.41. The molecular formula is C16H21Cl2NO3. The third-order valence-corrected chi connectivity index (χ3v) is 4.10. The largest absolute Gasteiger partial charge is 0.464 e. The molecule has 0 fully saturated rings. The number of amides is 1. The van der Waals surface area contributed by atoms with E-state index in [1.54, 1.807) is 32.0 Å². The summed E-state index contributed by atoms with van der Waals surface area (Å²) < 4.78 is 4.99. The fourth-order valence-electron chi connectivity index (χ4n) is 1.77. The van der Waals surface area contributed by atoms with Crippen LogP contribution in [0.2, 0.25) is 10.0 Å². The van der Waals surface area contributed by atoms with Crippen LogP contribution in [-0.2, 0) is 19.7 Å². The first kappa shape index (κ1) is 18.8. The molecule has 1 N–H and O–H groups in total. The van der Waals surface area contributed by atoms with E-state index in [4.69, 9.17) is 27.9 Å². The van der Waals surface area contributed by atoms with Gasteiger partial charge in [-0.15, -0.1) is 0 Å². The molecule has 0 atom stereocenters. The van der Waals surface area contributed by atoms with Crippen LogP contribution in [0, 0.1) is 0 Å². The van der Waals surface area contributed by atoms with Crippen LogP contribution in [0.4, 0.5) is 0 Å². The number of ether oxygens (including phenoxy) is 1. The number of rotatable bonds is 7. The van der Waals surface area contributed by atoms with Crippen molar-refractivity contribution in [2.24, 2.45) is 0 Å². The predicted octanol–water partition coefficient (Wildman–Crippen LogP) is 3.73. The topological polar surface area (TPSA) is 55.4 Å². The summed E-state index contributed by atoms with van der Waals surface area (Å²) in [6.45, 7) is 5.75. The Kier molecular flexibility index (Phi) is 7.17. The molecule has 0 bridgehead atoms. The minimum Gasteiger partial charge on any atom is -0.464 e. The van der Waals surface area contributed by atoms with Crippen LogP contribution in [0.1, 0.15) is 39.2 Å². The zero-order valence-corrected chi connectivity index (χ0v) is 14.6. The minimum absolute atomic E-state index is 0.146. The lowest BCUT2D eigenvalue weighted by Gasteiger charge is -2.24.